The van der Waals surface area contributed by atoms with Crippen molar-refractivity contribution in [2.45, 2.75) is 6.82 Å². The molecular weight excluding hydrogens is 351 g/mol. The van der Waals surface area contributed by atoms with Crippen LogP contribution in [-0.2, 0) is 0 Å². The van der Waals surface area contributed by atoms with E-state index in [1.807, 2.05) is 19.0 Å². The van der Waals surface area contributed by atoms with Crippen molar-refractivity contribution in [2.24, 2.45) is 0 Å². The monoisotopic (exact) mass is 372 g/mol. The first-order valence-electron chi connectivity index (χ1n) is 10.0. The highest BCUT2D eigenvalue weighted by molar-refractivity contribution is 6.64. The lowest BCUT2D eigenvalue weighted by Gasteiger charge is -2.18. The molecule has 0 spiro atoms. The second-order valence-corrected chi connectivity index (χ2v) is 7.51. The molecule has 5 aromatic carbocycles. The summed E-state index contributed by atoms with van der Waals surface area (Å²) in [6.45, 7) is 1.32. The average Bonchev–Trinajstić information content (AvgIpc) is 2.78. The first-order valence-corrected chi connectivity index (χ1v) is 10.0. The lowest BCUT2D eigenvalue weighted by atomic mass is 9.64. The summed E-state index contributed by atoms with van der Waals surface area (Å²) < 4.78 is 0. The Morgan fingerprint density at radius 3 is 1.48 bits per heavy atom. The Kier molecular flexibility index (Phi) is 4.42. The van der Waals surface area contributed by atoms with E-state index in [-0.39, 0.29) is 0 Å². The summed E-state index contributed by atoms with van der Waals surface area (Å²) >= 11 is 0. The number of benzene rings is 5. The second kappa shape index (κ2) is 7.23. The fourth-order valence-electron chi connectivity index (χ4n) is 4.31. The van der Waals surface area contributed by atoms with Gasteiger partial charge in [-0.3, -0.25) is 0 Å². The minimum absolute atomic E-state index is 0.490. The SMILES string of the molecule is CB(O)c1cccc(-c2c3ccccc3c(-c3ccccc3)c3ccccc23)c1. The smallest absolute Gasteiger partial charge is 0.320 e. The molecule has 0 fully saturated rings. The molecule has 0 aliphatic rings. The maximum absolute atomic E-state index is 10.1. The van der Waals surface area contributed by atoms with Crippen molar-refractivity contribution in [2.75, 3.05) is 0 Å². The Hall–Kier alpha value is -3.36. The summed E-state index contributed by atoms with van der Waals surface area (Å²) in [5.74, 6) is 0. The van der Waals surface area contributed by atoms with Gasteiger partial charge in [0.25, 0.3) is 0 Å². The summed E-state index contributed by atoms with van der Waals surface area (Å²) in [5, 5.41) is 15.1. The van der Waals surface area contributed by atoms with Crippen LogP contribution in [0.4, 0.5) is 0 Å². The van der Waals surface area contributed by atoms with Crippen molar-refractivity contribution in [3.63, 3.8) is 0 Å². The van der Waals surface area contributed by atoms with Crippen molar-refractivity contribution < 1.29 is 5.02 Å². The first kappa shape index (κ1) is 17.7. The molecular formula is C27H21BO. The third-order valence-corrected chi connectivity index (χ3v) is 5.65. The van der Waals surface area contributed by atoms with Gasteiger partial charge in [0.2, 0.25) is 0 Å². The third kappa shape index (κ3) is 3.02. The second-order valence-electron chi connectivity index (χ2n) is 7.51. The van der Waals surface area contributed by atoms with Gasteiger partial charge in [0.15, 0.2) is 0 Å². The summed E-state index contributed by atoms with van der Waals surface area (Å²) in [6.07, 6.45) is 0. The molecule has 0 saturated carbocycles. The van der Waals surface area contributed by atoms with E-state index in [9.17, 15) is 5.02 Å². The van der Waals surface area contributed by atoms with Crippen molar-refractivity contribution in [3.8, 4) is 22.3 Å². The van der Waals surface area contributed by atoms with Gasteiger partial charge >= 0.3 is 6.92 Å². The molecule has 29 heavy (non-hydrogen) atoms. The van der Waals surface area contributed by atoms with Crippen molar-refractivity contribution in [1.29, 1.82) is 0 Å². The molecule has 0 unspecified atom stereocenters. The topological polar surface area (TPSA) is 20.2 Å². The van der Waals surface area contributed by atoms with Crippen LogP contribution in [0.1, 0.15) is 0 Å². The number of hydrogen-bond acceptors (Lipinski definition) is 1. The highest BCUT2D eigenvalue weighted by atomic mass is 16.2. The molecule has 5 rings (SSSR count). The quantitative estimate of drug-likeness (QED) is 0.298. The molecule has 0 amide bonds. The predicted molar refractivity (Wildman–Crippen MR) is 126 cm³/mol. The van der Waals surface area contributed by atoms with Crippen LogP contribution in [0.3, 0.4) is 0 Å². The predicted octanol–water partition coefficient (Wildman–Crippen LogP) is 6.15. The Bertz CT molecular complexity index is 1270. The molecule has 0 aliphatic carbocycles. The normalized spacial score (nSPS) is 11.1. The van der Waals surface area contributed by atoms with E-state index >= 15 is 0 Å². The molecule has 0 aromatic heterocycles. The van der Waals surface area contributed by atoms with E-state index in [1.165, 1.54) is 38.2 Å². The Balaban J connectivity index is 1.95. The number of fused-ring (bicyclic) bond motifs is 2. The number of hydrogen-bond donors (Lipinski definition) is 1. The van der Waals surface area contributed by atoms with Crippen molar-refractivity contribution in [3.05, 3.63) is 103 Å². The third-order valence-electron chi connectivity index (χ3n) is 5.65. The first-order chi connectivity index (χ1) is 14.2. The van der Waals surface area contributed by atoms with Crippen LogP contribution in [0.15, 0.2) is 103 Å². The molecule has 0 atom stereocenters. The summed E-state index contributed by atoms with van der Waals surface area (Å²) in [5.41, 5.74) is 5.79. The van der Waals surface area contributed by atoms with Crippen molar-refractivity contribution in [1.82, 2.24) is 0 Å². The van der Waals surface area contributed by atoms with Crippen LogP contribution in [-0.4, -0.2) is 11.9 Å². The number of rotatable bonds is 3. The lowest BCUT2D eigenvalue weighted by molar-refractivity contribution is 0.594. The Labute approximate surface area is 171 Å². The molecule has 5 aromatic rings. The van der Waals surface area contributed by atoms with E-state index in [0.717, 1.165) is 11.0 Å². The summed E-state index contributed by atoms with van der Waals surface area (Å²) in [6, 6.07) is 36.2. The molecule has 0 saturated heterocycles. The van der Waals surface area contributed by atoms with Gasteiger partial charge in [-0.15, -0.1) is 0 Å². The van der Waals surface area contributed by atoms with Gasteiger partial charge in [-0.2, -0.15) is 0 Å². The van der Waals surface area contributed by atoms with E-state index in [4.69, 9.17) is 0 Å². The molecule has 0 heterocycles. The molecule has 2 heteroatoms. The maximum Gasteiger partial charge on any atom is 0.320 e. The molecule has 0 radical (unpaired) electrons. The van der Waals surface area contributed by atoms with E-state index in [1.54, 1.807) is 0 Å². The van der Waals surface area contributed by atoms with Gasteiger partial charge in [0, 0.05) is 0 Å². The van der Waals surface area contributed by atoms with Gasteiger partial charge < -0.3 is 5.02 Å². The van der Waals surface area contributed by atoms with Crippen LogP contribution in [0.25, 0.3) is 43.8 Å². The van der Waals surface area contributed by atoms with Crippen molar-refractivity contribution >= 4 is 33.9 Å². The van der Waals surface area contributed by atoms with Gasteiger partial charge in [-0.1, -0.05) is 110 Å². The molecule has 0 aliphatic heterocycles. The Morgan fingerprint density at radius 1 is 0.517 bits per heavy atom. The summed E-state index contributed by atoms with van der Waals surface area (Å²) in [4.78, 5) is 0. The zero-order valence-electron chi connectivity index (χ0n) is 16.3. The highest BCUT2D eigenvalue weighted by Crippen LogP contribution is 2.43. The van der Waals surface area contributed by atoms with Crippen LogP contribution < -0.4 is 5.46 Å². The maximum atomic E-state index is 10.1. The average molecular weight is 372 g/mol. The van der Waals surface area contributed by atoms with Crippen LogP contribution in [0.2, 0.25) is 6.82 Å². The minimum atomic E-state index is -0.490. The standard InChI is InChI=1S/C27H21BO/c1-28(29)21-13-9-12-20(18-21)27-24-16-7-5-14-22(24)26(19-10-3-2-4-11-19)23-15-6-8-17-25(23)27/h2-18,29H,1H3. The largest absolute Gasteiger partial charge is 0.447 e. The Morgan fingerprint density at radius 2 is 0.966 bits per heavy atom. The molecule has 0 bridgehead atoms. The van der Waals surface area contributed by atoms with Crippen LogP contribution in [0.5, 0.6) is 0 Å². The van der Waals surface area contributed by atoms with E-state index < -0.39 is 6.92 Å². The zero-order valence-corrected chi connectivity index (χ0v) is 16.3. The van der Waals surface area contributed by atoms with E-state index in [0.29, 0.717) is 0 Å². The fourth-order valence-corrected chi connectivity index (χ4v) is 4.31. The lowest BCUT2D eigenvalue weighted by Crippen LogP contribution is -2.25. The van der Waals surface area contributed by atoms with Gasteiger partial charge in [-0.25, -0.2) is 0 Å². The van der Waals surface area contributed by atoms with Crippen LogP contribution >= 0.6 is 0 Å². The van der Waals surface area contributed by atoms with E-state index in [2.05, 4.69) is 91.0 Å². The molecule has 1 nitrogen and oxygen atoms in total. The molecule has 1 N–H and O–H groups in total. The molecule has 138 valence electrons. The highest BCUT2D eigenvalue weighted by Gasteiger charge is 2.17. The van der Waals surface area contributed by atoms with Crippen LogP contribution in [0, 0.1) is 0 Å². The van der Waals surface area contributed by atoms with Gasteiger partial charge in [0.05, 0.1) is 0 Å². The zero-order chi connectivity index (χ0) is 19.8. The van der Waals surface area contributed by atoms with Gasteiger partial charge in [-0.05, 0) is 49.3 Å². The van der Waals surface area contributed by atoms with Gasteiger partial charge in [0.1, 0.15) is 0 Å². The minimum Gasteiger partial charge on any atom is -0.447 e. The summed E-state index contributed by atoms with van der Waals surface area (Å²) in [7, 11) is 0. The fraction of sp³-hybridized carbons (Fsp3) is 0.0370.